The van der Waals surface area contributed by atoms with E-state index in [1.54, 1.807) is 21.7 Å². The molecule has 1 N–H and O–H groups in total. The first-order valence-electron chi connectivity index (χ1n) is 12.1. The second-order valence-electron chi connectivity index (χ2n) is 9.00. The number of benzene rings is 2. The highest BCUT2D eigenvalue weighted by atomic mass is 16.3. The van der Waals surface area contributed by atoms with Crippen LogP contribution in [0.4, 0.5) is 0 Å². The Kier molecular flexibility index (Phi) is 6.88. The topological polar surface area (TPSA) is 93.3 Å². The number of amides is 2. The number of hydrogen-bond acceptors (Lipinski definition) is 5. The van der Waals surface area contributed by atoms with E-state index in [-0.39, 0.29) is 30.9 Å². The summed E-state index contributed by atoms with van der Waals surface area (Å²) in [6, 6.07) is 19.9. The van der Waals surface area contributed by atoms with Gasteiger partial charge in [-0.1, -0.05) is 66.9 Å². The van der Waals surface area contributed by atoms with Crippen LogP contribution in [-0.4, -0.2) is 37.7 Å². The van der Waals surface area contributed by atoms with Crippen molar-refractivity contribution in [1.82, 2.24) is 25.2 Å². The van der Waals surface area contributed by atoms with Crippen LogP contribution in [0, 0.1) is 0 Å². The monoisotopic (exact) mass is 471 g/mol. The number of nitrogens with one attached hydrogen (secondary N) is 1. The van der Waals surface area contributed by atoms with Gasteiger partial charge in [0, 0.05) is 12.6 Å². The molecule has 35 heavy (non-hydrogen) atoms. The number of furan rings is 1. The van der Waals surface area contributed by atoms with Gasteiger partial charge < -0.3 is 14.6 Å². The number of para-hydroxylation sites is 1. The van der Waals surface area contributed by atoms with E-state index >= 15 is 0 Å². The van der Waals surface area contributed by atoms with Gasteiger partial charge in [-0.05, 0) is 42.7 Å². The number of aromatic nitrogens is 3. The molecule has 180 valence electrons. The molecule has 2 heterocycles. The summed E-state index contributed by atoms with van der Waals surface area (Å²) in [4.78, 5) is 29.1. The van der Waals surface area contributed by atoms with Crippen molar-refractivity contribution in [2.75, 3.05) is 0 Å². The number of hydrogen-bond donors (Lipinski definition) is 1. The molecule has 1 saturated carbocycles. The highest BCUT2D eigenvalue weighted by Crippen LogP contribution is 2.27. The summed E-state index contributed by atoms with van der Waals surface area (Å²) in [7, 11) is 0. The van der Waals surface area contributed by atoms with Gasteiger partial charge in [0.2, 0.25) is 5.91 Å². The summed E-state index contributed by atoms with van der Waals surface area (Å²) < 4.78 is 7.27. The highest BCUT2D eigenvalue weighted by molar-refractivity contribution is 5.89. The van der Waals surface area contributed by atoms with Gasteiger partial charge in [-0.3, -0.25) is 9.59 Å². The average Bonchev–Trinajstić information content (AvgIpc) is 3.56. The normalized spacial score (nSPS) is 15.1. The van der Waals surface area contributed by atoms with Crippen LogP contribution in [-0.2, 0) is 22.7 Å². The first kappa shape index (κ1) is 22.8. The zero-order chi connectivity index (χ0) is 24.0. The fraction of sp³-hybridized carbons (Fsp3) is 0.333. The van der Waals surface area contributed by atoms with Gasteiger partial charge in [-0.15, -0.1) is 5.10 Å². The maximum absolute atomic E-state index is 13.8. The quantitative estimate of drug-likeness (QED) is 0.415. The van der Waals surface area contributed by atoms with Crippen LogP contribution in [0.1, 0.15) is 49.5 Å². The van der Waals surface area contributed by atoms with Crippen LogP contribution in [0.15, 0.2) is 77.4 Å². The van der Waals surface area contributed by atoms with Crippen molar-refractivity contribution in [3.8, 4) is 0 Å². The summed E-state index contributed by atoms with van der Waals surface area (Å²) in [6.45, 7) is 0.219. The molecule has 0 unspecified atom stereocenters. The summed E-state index contributed by atoms with van der Waals surface area (Å²) in [5.74, 6) is -0.0321. The minimum Gasteiger partial charge on any atom is -0.467 e. The van der Waals surface area contributed by atoms with E-state index in [1.807, 2.05) is 54.6 Å². The van der Waals surface area contributed by atoms with Crippen molar-refractivity contribution >= 4 is 22.8 Å². The molecule has 0 spiro atoms. The van der Waals surface area contributed by atoms with E-state index in [0.29, 0.717) is 11.3 Å². The minimum absolute atomic E-state index is 0.0404. The Labute approximate surface area is 203 Å². The Hall–Kier alpha value is -3.94. The fourth-order valence-electron chi connectivity index (χ4n) is 4.75. The van der Waals surface area contributed by atoms with Crippen LogP contribution in [0.25, 0.3) is 11.0 Å². The van der Waals surface area contributed by atoms with Crippen molar-refractivity contribution < 1.29 is 14.0 Å². The van der Waals surface area contributed by atoms with Crippen molar-refractivity contribution in [3.63, 3.8) is 0 Å². The van der Waals surface area contributed by atoms with Crippen molar-refractivity contribution in [2.45, 2.75) is 57.3 Å². The predicted molar refractivity (Wildman–Crippen MR) is 131 cm³/mol. The van der Waals surface area contributed by atoms with Crippen LogP contribution in [0.3, 0.4) is 0 Å². The number of carbonyl (C=O) groups is 2. The molecular weight excluding hydrogens is 442 g/mol. The zero-order valence-electron chi connectivity index (χ0n) is 19.5. The summed E-state index contributed by atoms with van der Waals surface area (Å²) in [5, 5.41) is 11.5. The Morgan fingerprint density at radius 2 is 1.77 bits per heavy atom. The molecule has 2 amide bonds. The van der Waals surface area contributed by atoms with Crippen LogP contribution < -0.4 is 5.32 Å². The number of nitrogens with zero attached hydrogens (tertiary/aromatic N) is 4. The molecule has 0 aliphatic heterocycles. The second kappa shape index (κ2) is 10.5. The predicted octanol–water partition coefficient (Wildman–Crippen LogP) is 4.24. The maximum Gasteiger partial charge on any atom is 0.250 e. The zero-order valence-corrected chi connectivity index (χ0v) is 19.5. The molecule has 8 nitrogen and oxygen atoms in total. The molecule has 1 atom stereocenters. The number of fused-ring (bicyclic) bond motifs is 1. The second-order valence-corrected chi connectivity index (χ2v) is 9.00. The third-order valence-electron chi connectivity index (χ3n) is 6.55. The van der Waals surface area contributed by atoms with E-state index in [4.69, 9.17) is 4.42 Å². The largest absolute Gasteiger partial charge is 0.467 e. The third kappa shape index (κ3) is 5.26. The van der Waals surface area contributed by atoms with Crippen molar-refractivity contribution in [2.24, 2.45) is 0 Å². The van der Waals surface area contributed by atoms with Crippen molar-refractivity contribution in [3.05, 3.63) is 84.3 Å². The highest BCUT2D eigenvalue weighted by Gasteiger charge is 2.35. The summed E-state index contributed by atoms with van der Waals surface area (Å²) in [5.41, 5.74) is 2.40. The lowest BCUT2D eigenvalue weighted by molar-refractivity contribution is -0.143. The van der Waals surface area contributed by atoms with Gasteiger partial charge in [-0.25, -0.2) is 4.68 Å². The van der Waals surface area contributed by atoms with Gasteiger partial charge in [0.1, 0.15) is 17.8 Å². The number of rotatable bonds is 8. The van der Waals surface area contributed by atoms with E-state index in [2.05, 4.69) is 15.6 Å². The van der Waals surface area contributed by atoms with E-state index < -0.39 is 6.04 Å². The molecule has 2 aromatic carbocycles. The summed E-state index contributed by atoms with van der Waals surface area (Å²) in [6.07, 6.45) is 6.83. The maximum atomic E-state index is 13.8. The molecule has 1 fully saturated rings. The summed E-state index contributed by atoms with van der Waals surface area (Å²) >= 11 is 0. The molecule has 8 heteroatoms. The third-order valence-corrected chi connectivity index (χ3v) is 6.55. The van der Waals surface area contributed by atoms with Gasteiger partial charge >= 0.3 is 0 Å². The van der Waals surface area contributed by atoms with E-state index in [9.17, 15) is 9.59 Å². The van der Waals surface area contributed by atoms with Crippen LogP contribution >= 0.6 is 0 Å². The first-order chi connectivity index (χ1) is 17.2. The average molecular weight is 472 g/mol. The molecular formula is C27H29N5O3. The number of carbonyl (C=O) groups excluding carboxylic acids is 2. The molecule has 2 aromatic heterocycles. The van der Waals surface area contributed by atoms with Gasteiger partial charge in [0.25, 0.3) is 5.91 Å². The lowest BCUT2D eigenvalue weighted by Gasteiger charge is -2.32. The molecule has 0 bridgehead atoms. The molecule has 0 radical (unpaired) electrons. The first-order valence-corrected chi connectivity index (χ1v) is 12.1. The lowest BCUT2D eigenvalue weighted by Crippen LogP contribution is -2.47. The smallest absolute Gasteiger partial charge is 0.250 e. The standard InChI is InChI=1S/C27H29N5O3/c33-25(19-32-23-15-8-7-14-22(23)29-30-32)31(18-20-10-3-1-4-11-20)26(24-16-9-17-35-24)27(34)28-21-12-5-2-6-13-21/h1,3-4,7-11,14-17,21,26H,2,5-6,12-13,18-19H2,(H,28,34)/t26-/m0/s1. The Morgan fingerprint density at radius 1 is 1.00 bits per heavy atom. The molecule has 1 aliphatic carbocycles. The molecule has 1 aliphatic rings. The van der Waals surface area contributed by atoms with Gasteiger partial charge in [0.05, 0.1) is 11.8 Å². The Balaban J connectivity index is 1.47. The van der Waals surface area contributed by atoms with Crippen LogP contribution in [0.2, 0.25) is 0 Å². The lowest BCUT2D eigenvalue weighted by atomic mass is 9.95. The molecule has 4 aromatic rings. The van der Waals surface area contributed by atoms with E-state index in [0.717, 1.165) is 36.8 Å². The minimum atomic E-state index is -0.894. The molecule has 5 rings (SSSR count). The van der Waals surface area contributed by atoms with Gasteiger partial charge in [0.15, 0.2) is 6.04 Å². The Morgan fingerprint density at radius 3 is 2.54 bits per heavy atom. The van der Waals surface area contributed by atoms with Crippen LogP contribution in [0.5, 0.6) is 0 Å². The Bertz CT molecular complexity index is 1260. The van der Waals surface area contributed by atoms with Crippen molar-refractivity contribution in [1.29, 1.82) is 0 Å². The van der Waals surface area contributed by atoms with E-state index in [1.165, 1.54) is 12.7 Å². The van der Waals surface area contributed by atoms with Gasteiger partial charge in [-0.2, -0.15) is 0 Å². The molecule has 0 saturated heterocycles. The SMILES string of the molecule is O=C(NC1CCCCC1)[C@H](c1ccco1)N(Cc1ccccc1)C(=O)Cn1nnc2ccccc21. The fourth-order valence-corrected chi connectivity index (χ4v) is 4.75.